The quantitative estimate of drug-likeness (QED) is 0.662. The lowest BCUT2D eigenvalue weighted by Gasteiger charge is -2.26. The second-order valence-electron chi connectivity index (χ2n) is 8.66. The number of nitrogens with one attached hydrogen (secondary N) is 1. The van der Waals surface area contributed by atoms with Crippen LogP contribution in [-0.2, 0) is 6.54 Å². The van der Waals surface area contributed by atoms with Crippen molar-refractivity contribution in [3.63, 3.8) is 0 Å². The van der Waals surface area contributed by atoms with Gasteiger partial charge in [-0.05, 0) is 49.4 Å². The number of piperidine rings is 1. The van der Waals surface area contributed by atoms with Gasteiger partial charge in [0.1, 0.15) is 0 Å². The topological polar surface area (TPSA) is 84.3 Å². The van der Waals surface area contributed by atoms with Crippen LogP contribution in [0.25, 0.3) is 10.8 Å². The Kier molecular flexibility index (Phi) is 6.35. The van der Waals surface area contributed by atoms with Crippen molar-refractivity contribution in [1.82, 2.24) is 14.7 Å². The minimum atomic E-state index is -0.415. The van der Waals surface area contributed by atoms with Crippen LogP contribution in [0.2, 0.25) is 0 Å². The Morgan fingerprint density at radius 1 is 1.00 bits per heavy atom. The molecule has 3 aromatic rings. The molecule has 2 heterocycles. The SMILES string of the molecule is CC(C)Cn1nc(C(=O)Nc2cccc(C(=O)N3CCCCC3)c2)c2ccccc2c1=O. The molecule has 166 valence electrons. The summed E-state index contributed by atoms with van der Waals surface area (Å²) in [5, 5.41) is 8.22. The van der Waals surface area contributed by atoms with Gasteiger partial charge in [0.2, 0.25) is 0 Å². The molecule has 2 aromatic carbocycles. The maximum absolute atomic E-state index is 13.2. The predicted octanol–water partition coefficient (Wildman–Crippen LogP) is 3.93. The number of carbonyl (C=O) groups is 2. The van der Waals surface area contributed by atoms with Gasteiger partial charge in [0.05, 0.1) is 5.39 Å². The average Bonchev–Trinajstić information content (AvgIpc) is 2.81. The van der Waals surface area contributed by atoms with Gasteiger partial charge in [0, 0.05) is 36.3 Å². The largest absolute Gasteiger partial charge is 0.339 e. The summed E-state index contributed by atoms with van der Waals surface area (Å²) in [6.07, 6.45) is 3.19. The van der Waals surface area contributed by atoms with Gasteiger partial charge in [0.15, 0.2) is 5.69 Å². The number of amides is 2. The maximum atomic E-state index is 13.2. The Morgan fingerprint density at radius 2 is 1.72 bits per heavy atom. The number of hydrogen-bond donors (Lipinski definition) is 1. The molecule has 0 unspecified atom stereocenters. The van der Waals surface area contributed by atoms with Crippen molar-refractivity contribution in [2.75, 3.05) is 18.4 Å². The van der Waals surface area contributed by atoms with E-state index in [1.165, 1.54) is 4.68 Å². The minimum absolute atomic E-state index is 0.0187. The van der Waals surface area contributed by atoms with Crippen molar-refractivity contribution in [2.45, 2.75) is 39.7 Å². The Morgan fingerprint density at radius 3 is 2.44 bits per heavy atom. The van der Waals surface area contributed by atoms with Crippen molar-refractivity contribution in [1.29, 1.82) is 0 Å². The number of aromatic nitrogens is 2. The van der Waals surface area contributed by atoms with E-state index in [2.05, 4.69) is 10.4 Å². The zero-order valence-corrected chi connectivity index (χ0v) is 18.5. The molecule has 1 N–H and O–H groups in total. The number of anilines is 1. The number of likely N-dealkylation sites (tertiary alicyclic amines) is 1. The van der Waals surface area contributed by atoms with Crippen LogP contribution in [0.5, 0.6) is 0 Å². The van der Waals surface area contributed by atoms with Crippen LogP contribution >= 0.6 is 0 Å². The molecular formula is C25H28N4O3. The Balaban J connectivity index is 1.64. The van der Waals surface area contributed by atoms with E-state index in [-0.39, 0.29) is 23.1 Å². The second kappa shape index (κ2) is 9.34. The van der Waals surface area contributed by atoms with Crippen LogP contribution in [0.4, 0.5) is 5.69 Å². The summed E-state index contributed by atoms with van der Waals surface area (Å²) in [5.74, 6) is -0.231. The molecule has 1 aliphatic heterocycles. The summed E-state index contributed by atoms with van der Waals surface area (Å²) in [4.78, 5) is 40.7. The van der Waals surface area contributed by atoms with Crippen LogP contribution in [0, 0.1) is 5.92 Å². The van der Waals surface area contributed by atoms with Crippen LogP contribution in [0.1, 0.15) is 54.0 Å². The van der Waals surface area contributed by atoms with E-state index in [0.717, 1.165) is 32.4 Å². The molecule has 1 aromatic heterocycles. The predicted molar refractivity (Wildman–Crippen MR) is 125 cm³/mol. The minimum Gasteiger partial charge on any atom is -0.339 e. The number of benzene rings is 2. The molecule has 0 radical (unpaired) electrons. The maximum Gasteiger partial charge on any atom is 0.276 e. The fourth-order valence-corrected chi connectivity index (χ4v) is 4.07. The first-order valence-corrected chi connectivity index (χ1v) is 11.1. The first-order valence-electron chi connectivity index (χ1n) is 11.1. The highest BCUT2D eigenvalue weighted by atomic mass is 16.2. The van der Waals surface area contributed by atoms with Crippen LogP contribution in [0.3, 0.4) is 0 Å². The molecule has 7 nitrogen and oxygen atoms in total. The highest BCUT2D eigenvalue weighted by molar-refractivity contribution is 6.11. The van der Waals surface area contributed by atoms with Crippen molar-refractivity contribution in [3.8, 4) is 0 Å². The third-order valence-corrected chi connectivity index (χ3v) is 5.63. The van der Waals surface area contributed by atoms with Gasteiger partial charge in [0.25, 0.3) is 17.4 Å². The van der Waals surface area contributed by atoms with Crippen LogP contribution in [-0.4, -0.2) is 39.6 Å². The lowest BCUT2D eigenvalue weighted by Crippen LogP contribution is -2.35. The van der Waals surface area contributed by atoms with Crippen LogP contribution < -0.4 is 10.9 Å². The highest BCUT2D eigenvalue weighted by Gasteiger charge is 2.20. The van der Waals surface area contributed by atoms with E-state index in [1.54, 1.807) is 48.5 Å². The van der Waals surface area contributed by atoms with Gasteiger partial charge in [-0.1, -0.05) is 38.1 Å². The van der Waals surface area contributed by atoms with Gasteiger partial charge in [-0.3, -0.25) is 14.4 Å². The normalized spacial score (nSPS) is 14.0. The number of nitrogens with zero attached hydrogens (tertiary/aromatic N) is 3. The van der Waals surface area contributed by atoms with E-state index in [4.69, 9.17) is 0 Å². The molecule has 7 heteroatoms. The zero-order valence-electron chi connectivity index (χ0n) is 18.5. The van der Waals surface area contributed by atoms with Crippen molar-refractivity contribution in [2.24, 2.45) is 5.92 Å². The molecule has 0 atom stereocenters. The third kappa shape index (κ3) is 4.56. The van der Waals surface area contributed by atoms with Crippen molar-refractivity contribution < 1.29 is 9.59 Å². The molecule has 32 heavy (non-hydrogen) atoms. The Labute approximate surface area is 187 Å². The third-order valence-electron chi connectivity index (χ3n) is 5.63. The van der Waals surface area contributed by atoms with Crippen LogP contribution in [0.15, 0.2) is 53.3 Å². The smallest absolute Gasteiger partial charge is 0.276 e. The van der Waals surface area contributed by atoms with E-state index < -0.39 is 5.91 Å². The van der Waals surface area contributed by atoms with Gasteiger partial charge in [-0.2, -0.15) is 5.10 Å². The standard InChI is InChI=1S/C25H28N4O3/c1-17(2)16-29-25(32)21-12-5-4-11-20(21)22(27-29)23(30)26-19-10-8-9-18(15-19)24(31)28-13-6-3-7-14-28/h4-5,8-12,15,17H,3,6-7,13-14,16H2,1-2H3,(H,26,30). The summed E-state index contributed by atoms with van der Waals surface area (Å²) >= 11 is 0. The number of fused-ring (bicyclic) bond motifs is 1. The summed E-state index contributed by atoms with van der Waals surface area (Å²) < 4.78 is 1.36. The second-order valence-corrected chi connectivity index (χ2v) is 8.66. The molecule has 4 rings (SSSR count). The van der Waals surface area contributed by atoms with E-state index >= 15 is 0 Å². The molecule has 0 saturated carbocycles. The van der Waals surface area contributed by atoms with Crippen molar-refractivity contribution >= 4 is 28.3 Å². The molecular weight excluding hydrogens is 404 g/mol. The van der Waals surface area contributed by atoms with E-state index in [1.807, 2.05) is 18.7 Å². The molecule has 1 saturated heterocycles. The summed E-state index contributed by atoms with van der Waals surface area (Å²) in [5.41, 5.74) is 1.05. The molecule has 1 fully saturated rings. The first-order chi connectivity index (χ1) is 15.4. The van der Waals surface area contributed by atoms with Gasteiger partial charge < -0.3 is 10.2 Å². The zero-order chi connectivity index (χ0) is 22.7. The lowest BCUT2D eigenvalue weighted by atomic mass is 10.1. The Bertz CT molecular complexity index is 1210. The Hall–Kier alpha value is -3.48. The molecule has 0 spiro atoms. The summed E-state index contributed by atoms with van der Waals surface area (Å²) in [7, 11) is 0. The fraction of sp³-hybridized carbons (Fsp3) is 0.360. The molecule has 1 aliphatic rings. The molecule has 2 amide bonds. The summed E-state index contributed by atoms with van der Waals surface area (Å²) in [6, 6.07) is 14.0. The molecule has 0 bridgehead atoms. The van der Waals surface area contributed by atoms with Gasteiger partial charge in [-0.15, -0.1) is 0 Å². The molecule has 0 aliphatic carbocycles. The monoisotopic (exact) mass is 432 g/mol. The fourth-order valence-electron chi connectivity index (χ4n) is 4.07. The van der Waals surface area contributed by atoms with Crippen molar-refractivity contribution in [3.05, 3.63) is 70.1 Å². The number of rotatable bonds is 5. The van der Waals surface area contributed by atoms with Gasteiger partial charge >= 0.3 is 0 Å². The average molecular weight is 433 g/mol. The number of carbonyl (C=O) groups excluding carboxylic acids is 2. The lowest BCUT2D eigenvalue weighted by molar-refractivity contribution is 0.0724. The van der Waals surface area contributed by atoms with Gasteiger partial charge in [-0.25, -0.2) is 4.68 Å². The van der Waals surface area contributed by atoms with E-state index in [9.17, 15) is 14.4 Å². The van der Waals surface area contributed by atoms with E-state index in [0.29, 0.717) is 28.6 Å². The summed E-state index contributed by atoms with van der Waals surface area (Å²) in [6.45, 7) is 5.94. The first kappa shape index (κ1) is 21.7. The number of hydrogen-bond acceptors (Lipinski definition) is 4. The highest BCUT2D eigenvalue weighted by Crippen LogP contribution is 2.19.